The van der Waals surface area contributed by atoms with Crippen LogP contribution in [0.3, 0.4) is 0 Å². The Kier molecular flexibility index (Phi) is 5.48. The Morgan fingerprint density at radius 3 is 2.16 bits per heavy atom. The normalized spacial score (nSPS) is 14.8. The molecular weight excluding hydrogens is 426 g/mol. The lowest BCUT2D eigenvalue weighted by atomic mass is 10.1. The number of anilines is 3. The minimum atomic E-state index is -4.12. The summed E-state index contributed by atoms with van der Waals surface area (Å²) in [4.78, 5) is 27.5. The summed E-state index contributed by atoms with van der Waals surface area (Å²) in [6.45, 7) is 5.45. The molecule has 1 N–H and O–H groups in total. The number of nitrogens with one attached hydrogen (secondary N) is 1. The lowest BCUT2D eigenvalue weighted by Gasteiger charge is -2.35. The molecule has 0 bridgehead atoms. The third-order valence-electron chi connectivity index (χ3n) is 5.31. The van der Waals surface area contributed by atoms with Gasteiger partial charge in [0.05, 0.1) is 11.4 Å². The minimum Gasteiger partial charge on any atom is -0.324 e. The van der Waals surface area contributed by atoms with Crippen LogP contribution < -0.4 is 14.5 Å². The molecule has 7 nitrogen and oxygen atoms in total. The largest absolute Gasteiger partial charge is 0.343 e. The SMILES string of the molecule is Cc1cc(C)c(NC(=O)CN2C(=O)N(c3ccccc3)S(=O)(=O)c3ccccc32)c(C)c1. The van der Waals surface area contributed by atoms with Crippen molar-refractivity contribution in [1.82, 2.24) is 0 Å². The molecular formula is C24H23N3O4S. The van der Waals surface area contributed by atoms with Crippen LogP contribution in [0, 0.1) is 20.8 Å². The Balaban J connectivity index is 1.72. The summed E-state index contributed by atoms with van der Waals surface area (Å²) in [5.41, 5.74) is 3.98. The van der Waals surface area contributed by atoms with Gasteiger partial charge in [0.15, 0.2) is 0 Å². The summed E-state index contributed by atoms with van der Waals surface area (Å²) in [6.07, 6.45) is 0. The second-order valence-electron chi connectivity index (χ2n) is 7.76. The van der Waals surface area contributed by atoms with Gasteiger partial charge in [-0.05, 0) is 56.2 Å². The van der Waals surface area contributed by atoms with E-state index in [4.69, 9.17) is 0 Å². The van der Waals surface area contributed by atoms with Gasteiger partial charge in [0.2, 0.25) is 5.91 Å². The second kappa shape index (κ2) is 8.12. The van der Waals surface area contributed by atoms with Crippen molar-refractivity contribution in [3.63, 3.8) is 0 Å². The number of urea groups is 1. The molecule has 1 aliphatic heterocycles. The van der Waals surface area contributed by atoms with E-state index in [9.17, 15) is 18.0 Å². The molecule has 1 aliphatic rings. The molecule has 1 heterocycles. The first-order chi connectivity index (χ1) is 15.2. The molecule has 8 heteroatoms. The number of benzene rings is 3. The maximum atomic E-state index is 13.4. The number of amides is 3. The van der Waals surface area contributed by atoms with E-state index < -0.39 is 22.0 Å². The number of rotatable bonds is 4. The standard InChI is InChI=1S/C24H23N3O4S/c1-16-13-17(2)23(18(3)14-16)25-22(28)15-26-20-11-7-8-12-21(20)32(30,31)27(24(26)29)19-9-5-4-6-10-19/h4-14H,15H2,1-3H3,(H,25,28). The molecule has 32 heavy (non-hydrogen) atoms. The average Bonchev–Trinajstić information content (AvgIpc) is 2.74. The average molecular weight is 450 g/mol. The van der Waals surface area contributed by atoms with Crippen LogP contribution >= 0.6 is 0 Å². The lowest BCUT2D eigenvalue weighted by Crippen LogP contribution is -2.53. The van der Waals surface area contributed by atoms with E-state index in [0.717, 1.165) is 21.0 Å². The number of nitrogens with zero attached hydrogens (tertiary/aromatic N) is 2. The zero-order valence-electron chi connectivity index (χ0n) is 18.0. The fourth-order valence-corrected chi connectivity index (χ4v) is 5.57. The van der Waals surface area contributed by atoms with E-state index in [2.05, 4.69) is 5.32 Å². The highest BCUT2D eigenvalue weighted by Gasteiger charge is 2.42. The summed E-state index contributed by atoms with van der Waals surface area (Å²) < 4.78 is 27.2. The highest BCUT2D eigenvalue weighted by atomic mass is 32.2. The van der Waals surface area contributed by atoms with Crippen LogP contribution in [0.25, 0.3) is 0 Å². The van der Waals surface area contributed by atoms with Gasteiger partial charge in [-0.2, -0.15) is 4.31 Å². The first-order valence-electron chi connectivity index (χ1n) is 10.1. The van der Waals surface area contributed by atoms with Crippen molar-refractivity contribution in [1.29, 1.82) is 0 Å². The Morgan fingerprint density at radius 2 is 1.50 bits per heavy atom. The molecule has 0 atom stereocenters. The number of sulfonamides is 1. The fraction of sp³-hybridized carbons (Fsp3) is 0.167. The van der Waals surface area contributed by atoms with E-state index in [1.165, 1.54) is 17.0 Å². The fourth-order valence-electron chi connectivity index (χ4n) is 3.98. The van der Waals surface area contributed by atoms with Gasteiger partial charge in [-0.15, -0.1) is 0 Å². The van der Waals surface area contributed by atoms with Crippen molar-refractivity contribution in [2.45, 2.75) is 25.7 Å². The number of carbonyl (C=O) groups excluding carboxylic acids is 2. The van der Waals surface area contributed by atoms with E-state index in [-0.39, 0.29) is 22.8 Å². The monoisotopic (exact) mass is 449 g/mol. The number of carbonyl (C=O) groups is 2. The predicted octanol–water partition coefficient (Wildman–Crippen LogP) is 4.39. The van der Waals surface area contributed by atoms with Gasteiger partial charge in [-0.1, -0.05) is 48.0 Å². The highest BCUT2D eigenvalue weighted by Crippen LogP contribution is 2.37. The van der Waals surface area contributed by atoms with Gasteiger partial charge < -0.3 is 5.32 Å². The van der Waals surface area contributed by atoms with E-state index in [1.807, 2.05) is 32.9 Å². The minimum absolute atomic E-state index is 0.0287. The summed E-state index contributed by atoms with van der Waals surface area (Å²) in [6, 6.07) is 17.4. The first kappa shape index (κ1) is 21.6. The Morgan fingerprint density at radius 1 is 0.906 bits per heavy atom. The van der Waals surface area contributed by atoms with Crippen molar-refractivity contribution >= 4 is 39.0 Å². The highest BCUT2D eigenvalue weighted by molar-refractivity contribution is 7.94. The smallest absolute Gasteiger partial charge is 0.324 e. The zero-order valence-corrected chi connectivity index (χ0v) is 18.8. The Hall–Kier alpha value is -3.65. The van der Waals surface area contributed by atoms with E-state index >= 15 is 0 Å². The number of hydrogen-bond acceptors (Lipinski definition) is 4. The van der Waals surface area contributed by atoms with Crippen molar-refractivity contribution in [3.8, 4) is 0 Å². The Bertz CT molecular complexity index is 1300. The molecule has 0 aliphatic carbocycles. The summed E-state index contributed by atoms with van der Waals surface area (Å²) in [5, 5.41) is 2.88. The zero-order chi connectivity index (χ0) is 23.0. The van der Waals surface area contributed by atoms with Gasteiger partial charge >= 0.3 is 6.03 Å². The van der Waals surface area contributed by atoms with Gasteiger partial charge in [-0.25, -0.2) is 13.2 Å². The topological polar surface area (TPSA) is 86.8 Å². The summed E-state index contributed by atoms with van der Waals surface area (Å²) in [7, 11) is -4.12. The van der Waals surface area contributed by atoms with E-state index in [1.54, 1.807) is 42.5 Å². The van der Waals surface area contributed by atoms with Crippen LogP contribution in [0.15, 0.2) is 71.6 Å². The van der Waals surface area contributed by atoms with Gasteiger partial charge in [0.1, 0.15) is 11.4 Å². The van der Waals surface area contributed by atoms with Crippen LogP contribution in [-0.2, 0) is 14.8 Å². The first-order valence-corrected chi connectivity index (χ1v) is 11.5. The van der Waals surface area contributed by atoms with Crippen LogP contribution in [-0.4, -0.2) is 26.9 Å². The van der Waals surface area contributed by atoms with Crippen LogP contribution in [0.1, 0.15) is 16.7 Å². The molecule has 3 aromatic rings. The van der Waals surface area contributed by atoms with Crippen LogP contribution in [0.4, 0.5) is 21.9 Å². The van der Waals surface area contributed by atoms with Crippen molar-refractivity contribution in [2.24, 2.45) is 0 Å². The number of para-hydroxylation sites is 2. The molecule has 3 aromatic carbocycles. The van der Waals surface area contributed by atoms with Crippen molar-refractivity contribution < 1.29 is 18.0 Å². The predicted molar refractivity (Wildman–Crippen MR) is 125 cm³/mol. The van der Waals surface area contributed by atoms with Gasteiger partial charge in [-0.3, -0.25) is 9.69 Å². The quantitative estimate of drug-likeness (QED) is 0.640. The Labute approximate surface area is 187 Å². The molecule has 4 rings (SSSR count). The van der Waals surface area contributed by atoms with Gasteiger partial charge in [0.25, 0.3) is 10.0 Å². The van der Waals surface area contributed by atoms with E-state index in [0.29, 0.717) is 5.69 Å². The molecule has 3 amide bonds. The number of aryl methyl sites for hydroxylation is 3. The molecule has 164 valence electrons. The molecule has 0 saturated heterocycles. The maximum absolute atomic E-state index is 13.4. The third kappa shape index (κ3) is 3.73. The van der Waals surface area contributed by atoms with Crippen LogP contribution in [0.2, 0.25) is 0 Å². The third-order valence-corrected chi connectivity index (χ3v) is 7.06. The second-order valence-corrected chi connectivity index (χ2v) is 9.52. The molecule has 0 radical (unpaired) electrons. The molecule has 0 unspecified atom stereocenters. The number of fused-ring (bicyclic) bond motifs is 1. The maximum Gasteiger partial charge on any atom is 0.343 e. The number of hydrogen-bond donors (Lipinski definition) is 1. The molecule has 0 spiro atoms. The molecule has 0 fully saturated rings. The molecule has 0 saturated carbocycles. The lowest BCUT2D eigenvalue weighted by molar-refractivity contribution is -0.114. The summed E-state index contributed by atoms with van der Waals surface area (Å²) >= 11 is 0. The molecule has 0 aromatic heterocycles. The van der Waals surface area contributed by atoms with Crippen LogP contribution in [0.5, 0.6) is 0 Å². The van der Waals surface area contributed by atoms with Crippen molar-refractivity contribution in [2.75, 3.05) is 21.1 Å². The van der Waals surface area contributed by atoms with Crippen molar-refractivity contribution in [3.05, 3.63) is 83.4 Å². The summed E-state index contributed by atoms with van der Waals surface area (Å²) in [5.74, 6) is -0.421. The van der Waals surface area contributed by atoms with Gasteiger partial charge in [0, 0.05) is 5.69 Å².